The lowest BCUT2D eigenvalue weighted by atomic mass is 9.99. The molecule has 0 fully saturated rings. The Kier molecular flexibility index (Phi) is 8.56. The van der Waals surface area contributed by atoms with E-state index in [0.717, 1.165) is 25.0 Å². The van der Waals surface area contributed by atoms with Gasteiger partial charge in [-0.15, -0.1) is 0 Å². The van der Waals surface area contributed by atoms with Crippen molar-refractivity contribution in [3.8, 4) is 5.75 Å². The lowest BCUT2D eigenvalue weighted by molar-refractivity contribution is 0.361. The minimum absolute atomic E-state index is 0.334. The molecule has 0 aliphatic carbocycles. The van der Waals surface area contributed by atoms with Gasteiger partial charge >= 0.3 is 0 Å². The molecule has 1 atom stereocenters. The predicted octanol–water partition coefficient (Wildman–Crippen LogP) is 6.62. The summed E-state index contributed by atoms with van der Waals surface area (Å²) in [4.78, 5) is 0. The molecule has 0 spiro atoms. The molecule has 1 aromatic rings. The van der Waals surface area contributed by atoms with E-state index in [0.29, 0.717) is 17.0 Å². The zero-order chi connectivity index (χ0) is 15.7. The second-order valence-electron chi connectivity index (χ2n) is 5.27. The summed E-state index contributed by atoms with van der Waals surface area (Å²) in [7, 11) is 0. The Labute approximate surface area is 138 Å². The molecule has 0 aliphatic heterocycles. The summed E-state index contributed by atoms with van der Waals surface area (Å²) in [5.41, 5.74) is 2.64. The monoisotopic (exact) mass is 326 g/mol. The van der Waals surface area contributed by atoms with Crippen LogP contribution in [0.5, 0.6) is 5.75 Å². The molecular formula is C18H24Cl2O. The molecule has 116 valence electrons. The number of hydrogen-bond acceptors (Lipinski definition) is 1. The summed E-state index contributed by atoms with van der Waals surface area (Å²) in [6, 6.07) is 8.38. The van der Waals surface area contributed by atoms with Crippen LogP contribution in [0.25, 0.3) is 0 Å². The van der Waals surface area contributed by atoms with E-state index < -0.39 is 0 Å². The molecule has 0 aromatic heterocycles. The first-order valence-corrected chi connectivity index (χ1v) is 8.18. The lowest BCUT2D eigenvalue weighted by Crippen LogP contribution is -1.96. The topological polar surface area (TPSA) is 9.23 Å². The summed E-state index contributed by atoms with van der Waals surface area (Å²) in [6.45, 7) is 7.12. The maximum absolute atomic E-state index is 5.73. The van der Waals surface area contributed by atoms with Crippen molar-refractivity contribution < 1.29 is 4.74 Å². The minimum atomic E-state index is 0.334. The van der Waals surface area contributed by atoms with Gasteiger partial charge in [-0.2, -0.15) is 0 Å². The summed E-state index contributed by atoms with van der Waals surface area (Å²) < 4.78 is 6.06. The van der Waals surface area contributed by atoms with E-state index in [1.54, 1.807) is 0 Å². The van der Waals surface area contributed by atoms with Crippen LogP contribution in [0, 0.1) is 0 Å². The molecule has 0 aliphatic rings. The third-order valence-corrected chi connectivity index (χ3v) is 3.89. The van der Waals surface area contributed by atoms with Gasteiger partial charge < -0.3 is 4.74 Å². The SMILES string of the molecule is CCC(C)c1ccc(OCC=C(C)CCC=C(Cl)Cl)cc1. The van der Waals surface area contributed by atoms with Crippen molar-refractivity contribution in [3.63, 3.8) is 0 Å². The maximum Gasteiger partial charge on any atom is 0.119 e. The molecule has 1 aromatic carbocycles. The van der Waals surface area contributed by atoms with Gasteiger partial charge in [0.1, 0.15) is 16.8 Å². The smallest absolute Gasteiger partial charge is 0.119 e. The van der Waals surface area contributed by atoms with Gasteiger partial charge in [-0.05, 0) is 55.9 Å². The van der Waals surface area contributed by atoms with Crippen LogP contribution in [-0.4, -0.2) is 6.61 Å². The molecule has 0 saturated carbocycles. The van der Waals surface area contributed by atoms with Crippen molar-refractivity contribution in [2.45, 2.75) is 46.0 Å². The first-order chi connectivity index (χ1) is 10.0. The minimum Gasteiger partial charge on any atom is -0.490 e. The first kappa shape index (κ1) is 18.1. The summed E-state index contributed by atoms with van der Waals surface area (Å²) in [6.07, 6.45) is 6.86. The van der Waals surface area contributed by atoms with Crippen LogP contribution in [0.1, 0.15) is 51.5 Å². The van der Waals surface area contributed by atoms with Crippen molar-refractivity contribution in [2.24, 2.45) is 0 Å². The molecule has 1 unspecified atom stereocenters. The van der Waals surface area contributed by atoms with Gasteiger partial charge in [-0.1, -0.05) is 60.8 Å². The molecule has 0 N–H and O–H groups in total. The average molecular weight is 327 g/mol. The third kappa shape index (κ3) is 7.59. The Bertz CT molecular complexity index is 470. The number of halogens is 2. The number of hydrogen-bond donors (Lipinski definition) is 0. The van der Waals surface area contributed by atoms with E-state index in [2.05, 4.69) is 39.0 Å². The zero-order valence-electron chi connectivity index (χ0n) is 13.0. The molecular weight excluding hydrogens is 303 g/mol. The van der Waals surface area contributed by atoms with Crippen LogP contribution < -0.4 is 4.74 Å². The van der Waals surface area contributed by atoms with Crippen molar-refractivity contribution in [1.29, 1.82) is 0 Å². The fraction of sp³-hybridized carbons (Fsp3) is 0.444. The van der Waals surface area contributed by atoms with Gasteiger partial charge in [-0.25, -0.2) is 0 Å². The Morgan fingerprint density at radius 3 is 2.43 bits per heavy atom. The predicted molar refractivity (Wildman–Crippen MR) is 93.4 cm³/mol. The quantitative estimate of drug-likeness (QED) is 0.487. The van der Waals surface area contributed by atoms with Gasteiger partial charge in [0.05, 0.1) is 0 Å². The molecule has 1 nitrogen and oxygen atoms in total. The molecule has 0 heterocycles. The molecule has 0 bridgehead atoms. The number of ether oxygens (including phenoxy) is 1. The Balaban J connectivity index is 2.39. The second-order valence-corrected chi connectivity index (χ2v) is 6.28. The van der Waals surface area contributed by atoms with Crippen molar-refractivity contribution >= 4 is 23.2 Å². The highest BCUT2D eigenvalue weighted by Crippen LogP contribution is 2.21. The van der Waals surface area contributed by atoms with Crippen LogP contribution in [0.4, 0.5) is 0 Å². The van der Waals surface area contributed by atoms with E-state index in [4.69, 9.17) is 27.9 Å². The van der Waals surface area contributed by atoms with Gasteiger partial charge in [0.15, 0.2) is 0 Å². The molecule has 0 amide bonds. The van der Waals surface area contributed by atoms with Gasteiger partial charge in [-0.3, -0.25) is 0 Å². The zero-order valence-corrected chi connectivity index (χ0v) is 14.5. The van der Waals surface area contributed by atoms with E-state index in [9.17, 15) is 0 Å². The number of allylic oxidation sites excluding steroid dienone is 2. The Hall–Kier alpha value is -0.920. The second kappa shape index (κ2) is 9.92. The van der Waals surface area contributed by atoms with Gasteiger partial charge in [0.25, 0.3) is 0 Å². The fourth-order valence-corrected chi connectivity index (χ4v) is 2.14. The van der Waals surface area contributed by atoms with Crippen molar-refractivity contribution in [1.82, 2.24) is 0 Å². The van der Waals surface area contributed by atoms with E-state index in [1.165, 1.54) is 11.1 Å². The molecule has 0 radical (unpaired) electrons. The highest BCUT2D eigenvalue weighted by Gasteiger charge is 2.02. The Morgan fingerprint density at radius 1 is 1.19 bits per heavy atom. The number of benzene rings is 1. The third-order valence-electron chi connectivity index (χ3n) is 3.58. The summed E-state index contributed by atoms with van der Waals surface area (Å²) in [5, 5.41) is 0. The maximum atomic E-state index is 5.73. The fourth-order valence-electron chi connectivity index (χ4n) is 1.92. The van der Waals surface area contributed by atoms with Crippen molar-refractivity contribution in [3.05, 3.63) is 52.0 Å². The average Bonchev–Trinajstić information content (AvgIpc) is 2.46. The summed E-state index contributed by atoms with van der Waals surface area (Å²) >= 11 is 11.1. The standard InChI is InChI=1S/C18H24Cl2O/c1-4-15(3)16-8-10-17(11-9-16)21-13-12-14(2)6-5-7-18(19)20/h7-12,15H,4-6,13H2,1-3H3. The van der Waals surface area contributed by atoms with Crippen LogP contribution in [0.15, 0.2) is 46.5 Å². The van der Waals surface area contributed by atoms with E-state index in [1.807, 2.05) is 18.2 Å². The van der Waals surface area contributed by atoms with Crippen LogP contribution >= 0.6 is 23.2 Å². The Morgan fingerprint density at radius 2 is 1.86 bits per heavy atom. The molecule has 3 heteroatoms. The van der Waals surface area contributed by atoms with E-state index >= 15 is 0 Å². The number of rotatable bonds is 8. The van der Waals surface area contributed by atoms with Gasteiger partial charge in [0, 0.05) is 0 Å². The molecule has 0 saturated heterocycles. The molecule has 1 rings (SSSR count). The summed E-state index contributed by atoms with van der Waals surface area (Å²) in [5.74, 6) is 1.51. The van der Waals surface area contributed by atoms with Crippen LogP contribution in [-0.2, 0) is 0 Å². The normalized spacial score (nSPS) is 12.9. The van der Waals surface area contributed by atoms with Gasteiger partial charge in [0.2, 0.25) is 0 Å². The lowest BCUT2D eigenvalue weighted by Gasteiger charge is -2.10. The van der Waals surface area contributed by atoms with Crippen LogP contribution in [0.2, 0.25) is 0 Å². The van der Waals surface area contributed by atoms with E-state index in [-0.39, 0.29) is 0 Å². The molecule has 21 heavy (non-hydrogen) atoms. The highest BCUT2D eigenvalue weighted by atomic mass is 35.5. The van der Waals surface area contributed by atoms with Crippen molar-refractivity contribution in [2.75, 3.05) is 6.61 Å². The highest BCUT2D eigenvalue weighted by molar-refractivity contribution is 6.55. The largest absolute Gasteiger partial charge is 0.490 e. The van der Waals surface area contributed by atoms with Crippen LogP contribution in [0.3, 0.4) is 0 Å². The first-order valence-electron chi connectivity index (χ1n) is 7.42.